The summed E-state index contributed by atoms with van der Waals surface area (Å²) in [6.07, 6.45) is 10.8. The van der Waals surface area contributed by atoms with Gasteiger partial charge in [0.25, 0.3) is 0 Å². The first kappa shape index (κ1) is 24.8. The van der Waals surface area contributed by atoms with Gasteiger partial charge in [-0.3, -0.25) is 0 Å². The van der Waals surface area contributed by atoms with E-state index in [2.05, 4.69) is 90.5 Å². The van der Waals surface area contributed by atoms with Crippen LogP contribution in [0.5, 0.6) is 0 Å². The van der Waals surface area contributed by atoms with E-state index >= 15 is 0 Å². The van der Waals surface area contributed by atoms with Crippen molar-refractivity contribution in [2.75, 3.05) is 0 Å². The third-order valence-corrected chi connectivity index (χ3v) is 8.67. The van der Waals surface area contributed by atoms with Crippen molar-refractivity contribution in [2.45, 2.75) is 33.6 Å². The van der Waals surface area contributed by atoms with Crippen molar-refractivity contribution in [2.24, 2.45) is 0 Å². The highest BCUT2D eigenvalue weighted by molar-refractivity contribution is 9.12. The highest BCUT2D eigenvalue weighted by Gasteiger charge is 2.24. The van der Waals surface area contributed by atoms with Crippen molar-refractivity contribution >= 4 is 83.0 Å². The summed E-state index contributed by atoms with van der Waals surface area (Å²) in [4.78, 5) is 0. The van der Waals surface area contributed by atoms with E-state index < -0.39 is 0 Å². The van der Waals surface area contributed by atoms with Crippen molar-refractivity contribution < 1.29 is 8.83 Å². The van der Waals surface area contributed by atoms with Crippen LogP contribution in [0.25, 0.3) is 49.5 Å². The van der Waals surface area contributed by atoms with Gasteiger partial charge < -0.3 is 8.83 Å². The van der Waals surface area contributed by atoms with Gasteiger partial charge in [0.05, 0.1) is 5.39 Å². The normalized spacial score (nSPS) is 15.8. The summed E-state index contributed by atoms with van der Waals surface area (Å²) in [5.41, 5.74) is 10.1. The van der Waals surface area contributed by atoms with Crippen LogP contribution in [0.2, 0.25) is 0 Å². The van der Waals surface area contributed by atoms with E-state index in [-0.39, 0.29) is 0 Å². The summed E-state index contributed by atoms with van der Waals surface area (Å²) >= 11 is 9.41. The second-order valence-electron chi connectivity index (χ2n) is 9.68. The molecule has 0 bridgehead atoms. The number of allylic oxidation sites excluding steroid dienone is 10. The van der Waals surface area contributed by atoms with Gasteiger partial charge in [-0.25, -0.2) is 0 Å². The van der Waals surface area contributed by atoms with Crippen LogP contribution in [0.15, 0.2) is 115 Å². The summed E-state index contributed by atoms with van der Waals surface area (Å²) < 4.78 is 14.0. The fraction of sp³-hybridized carbons (Fsp3) is 0.147. The van der Waals surface area contributed by atoms with Crippen molar-refractivity contribution in [3.8, 4) is 0 Å². The van der Waals surface area contributed by atoms with Gasteiger partial charge in [0.15, 0.2) is 0 Å². The number of halogens is 1. The second kappa shape index (κ2) is 10.0. The monoisotopic (exact) mass is 578 g/mol. The molecule has 4 heteroatoms. The Labute approximate surface area is 235 Å². The number of benzene rings is 3. The molecule has 2 nitrogen and oxygen atoms in total. The standard InChI is InChI=1S/C34H27BrO2S/c1-4-10-20(2)32(35)23-12-6-5-11-22(23)30(21(3)19-38)27-15-9-14-24-25-17-18-29-31(34(25)37-33(24)27)26-13-7-8-16-28(26)36-29/h4,7-19H,5-6H2,1-3H3/b10-4-,30-21-,32-20-. The summed E-state index contributed by atoms with van der Waals surface area (Å²) in [5.74, 6) is 0. The van der Waals surface area contributed by atoms with Crippen LogP contribution in [0.3, 0.4) is 0 Å². The lowest BCUT2D eigenvalue weighted by Crippen LogP contribution is -2.03. The van der Waals surface area contributed by atoms with E-state index in [1.165, 1.54) is 16.7 Å². The lowest BCUT2D eigenvalue weighted by atomic mass is 9.84. The first-order valence-electron chi connectivity index (χ1n) is 12.9. The summed E-state index contributed by atoms with van der Waals surface area (Å²) in [6, 6.07) is 18.7. The molecule has 0 saturated carbocycles. The van der Waals surface area contributed by atoms with E-state index in [1.807, 2.05) is 25.1 Å². The van der Waals surface area contributed by atoms with Crippen molar-refractivity contribution in [3.05, 3.63) is 111 Å². The molecule has 0 atom stereocenters. The quantitative estimate of drug-likeness (QED) is 0.118. The highest BCUT2D eigenvalue weighted by Crippen LogP contribution is 2.45. The topological polar surface area (TPSA) is 26.3 Å². The van der Waals surface area contributed by atoms with Gasteiger partial charge >= 0.3 is 0 Å². The number of thiocarbonyl (C=S) groups is 1. The molecule has 2 aromatic heterocycles. The Morgan fingerprint density at radius 1 is 0.789 bits per heavy atom. The molecule has 1 aliphatic rings. The third-order valence-electron chi connectivity index (χ3n) is 7.27. The molecule has 0 unspecified atom stereocenters. The zero-order chi connectivity index (χ0) is 26.4. The summed E-state index contributed by atoms with van der Waals surface area (Å²) in [6.45, 7) is 6.27. The number of hydrogen-bond donors (Lipinski definition) is 0. The highest BCUT2D eigenvalue weighted by atomic mass is 79.9. The smallest absolute Gasteiger partial charge is 0.147 e. The summed E-state index contributed by atoms with van der Waals surface area (Å²) in [5, 5.41) is 6.03. The number of fused-ring (bicyclic) bond motifs is 7. The minimum absolute atomic E-state index is 0.832. The Balaban J connectivity index is 1.64. The van der Waals surface area contributed by atoms with Crippen LogP contribution in [0, 0.1) is 0 Å². The Hall–Kier alpha value is -3.47. The Bertz CT molecular complexity index is 1920. The molecule has 0 radical (unpaired) electrons. The lowest BCUT2D eigenvalue weighted by molar-refractivity contribution is 0.662. The molecule has 3 aromatic carbocycles. The van der Waals surface area contributed by atoms with E-state index in [9.17, 15) is 0 Å². The van der Waals surface area contributed by atoms with Gasteiger partial charge in [-0.05, 0) is 95.6 Å². The van der Waals surface area contributed by atoms with Crippen molar-refractivity contribution in [1.29, 1.82) is 0 Å². The van der Waals surface area contributed by atoms with E-state index in [4.69, 9.17) is 21.1 Å². The minimum atomic E-state index is 0.832. The molecule has 6 rings (SSSR count). The molecule has 0 aliphatic heterocycles. The fourth-order valence-electron chi connectivity index (χ4n) is 5.55. The third kappa shape index (κ3) is 3.95. The first-order chi connectivity index (χ1) is 18.5. The number of rotatable bonds is 5. The van der Waals surface area contributed by atoms with Crippen LogP contribution in [0.1, 0.15) is 39.2 Å². The van der Waals surface area contributed by atoms with Gasteiger partial charge in [0.2, 0.25) is 0 Å². The summed E-state index contributed by atoms with van der Waals surface area (Å²) in [7, 11) is 0. The van der Waals surface area contributed by atoms with Gasteiger partial charge in [-0.15, -0.1) is 0 Å². The average Bonchev–Trinajstić information content (AvgIpc) is 3.51. The van der Waals surface area contributed by atoms with Crippen LogP contribution in [0.4, 0.5) is 0 Å². The average molecular weight is 580 g/mol. The second-order valence-corrected chi connectivity index (χ2v) is 10.7. The molecule has 0 spiro atoms. The largest absolute Gasteiger partial charge is 0.456 e. The molecule has 0 fully saturated rings. The van der Waals surface area contributed by atoms with Gasteiger partial charge in [-0.2, -0.15) is 0 Å². The maximum absolute atomic E-state index is 6.79. The molecule has 0 N–H and O–H groups in total. The predicted octanol–water partition coefficient (Wildman–Crippen LogP) is 11.2. The Morgan fingerprint density at radius 3 is 2.32 bits per heavy atom. The van der Waals surface area contributed by atoms with E-state index in [1.54, 1.807) is 5.37 Å². The molecule has 1 aliphatic carbocycles. The molecular weight excluding hydrogens is 552 g/mol. The van der Waals surface area contributed by atoms with E-state index in [0.29, 0.717) is 0 Å². The van der Waals surface area contributed by atoms with Gasteiger partial charge in [0.1, 0.15) is 22.3 Å². The number of furan rings is 2. The maximum Gasteiger partial charge on any atom is 0.147 e. The minimum Gasteiger partial charge on any atom is -0.456 e. The van der Waals surface area contributed by atoms with Gasteiger partial charge in [-0.1, -0.05) is 72.9 Å². The van der Waals surface area contributed by atoms with E-state index in [0.717, 1.165) is 77.9 Å². The van der Waals surface area contributed by atoms with Crippen molar-refractivity contribution in [1.82, 2.24) is 0 Å². The molecule has 38 heavy (non-hydrogen) atoms. The zero-order valence-electron chi connectivity index (χ0n) is 21.6. The Morgan fingerprint density at radius 2 is 1.53 bits per heavy atom. The molecule has 2 heterocycles. The number of para-hydroxylation sites is 2. The predicted molar refractivity (Wildman–Crippen MR) is 169 cm³/mol. The van der Waals surface area contributed by atoms with Crippen LogP contribution in [-0.2, 0) is 0 Å². The first-order valence-corrected chi connectivity index (χ1v) is 14.1. The fourth-order valence-corrected chi connectivity index (χ4v) is 6.17. The molecule has 0 amide bonds. The van der Waals surface area contributed by atoms with Crippen molar-refractivity contribution in [3.63, 3.8) is 0 Å². The van der Waals surface area contributed by atoms with Crippen LogP contribution < -0.4 is 0 Å². The molecule has 0 saturated heterocycles. The Kier molecular flexibility index (Phi) is 6.55. The SMILES string of the molecule is C/C=C\C(C)=C(/Br)C1=CCCC=C1/C(=C(\C)C=S)c1cccc2c1oc1c2ccc2oc3ccccc3c21. The zero-order valence-corrected chi connectivity index (χ0v) is 24.0. The molecule has 5 aromatic rings. The van der Waals surface area contributed by atoms with Crippen LogP contribution >= 0.6 is 28.1 Å². The lowest BCUT2D eigenvalue weighted by Gasteiger charge is -2.22. The maximum atomic E-state index is 6.79. The van der Waals surface area contributed by atoms with Gasteiger partial charge in [0, 0.05) is 31.6 Å². The van der Waals surface area contributed by atoms with Crippen LogP contribution in [-0.4, -0.2) is 5.37 Å². The number of hydrogen-bond acceptors (Lipinski definition) is 3. The molecular formula is C34H27BrO2S. The molecule has 188 valence electrons.